The molecule has 14 heavy (non-hydrogen) atoms. The highest BCUT2D eigenvalue weighted by Gasteiger charge is 2.29. The van der Waals surface area contributed by atoms with Crippen LogP contribution in [0.15, 0.2) is 24.3 Å². The molecule has 0 amide bonds. The lowest BCUT2D eigenvalue weighted by Gasteiger charge is -2.07. The van der Waals surface area contributed by atoms with Crippen LogP contribution in [0.3, 0.4) is 0 Å². The largest absolute Gasteiger partial charge is 0.436 e. The first kappa shape index (κ1) is 11.3. The topological polar surface area (TPSA) is 9.23 Å². The van der Waals surface area contributed by atoms with Crippen LogP contribution in [-0.4, -0.2) is 4.51 Å². The van der Waals surface area contributed by atoms with Crippen LogP contribution in [0.2, 0.25) is 0 Å². The molecule has 0 saturated heterocycles. The third-order valence-electron chi connectivity index (χ3n) is 1.38. The molecule has 0 radical (unpaired) electrons. The summed E-state index contributed by atoms with van der Waals surface area (Å²) in [6.07, 6.45) is -4.35. The Bertz CT molecular complexity index is 333. The molecule has 0 unspecified atom stereocenters. The van der Waals surface area contributed by atoms with Gasteiger partial charge in [0.15, 0.2) is 0 Å². The third kappa shape index (κ3) is 3.16. The Hall–Kier alpha value is -0.810. The summed E-state index contributed by atoms with van der Waals surface area (Å²) in [5, 5.41) is 0. The highest BCUT2D eigenvalue weighted by atomic mass is 35.5. The molecule has 0 saturated carbocycles. The summed E-state index contributed by atoms with van der Waals surface area (Å²) in [6.45, 7) is 0. The fraction of sp³-hybridized carbons (Fsp3) is 0.125. The molecule has 1 aromatic carbocycles. The van der Waals surface area contributed by atoms with E-state index in [9.17, 15) is 13.2 Å². The SMILES string of the molecule is FC(F)(F)c1ccc(OC(=S)Cl)cc1. The van der Waals surface area contributed by atoms with Crippen molar-refractivity contribution in [2.24, 2.45) is 0 Å². The van der Waals surface area contributed by atoms with Gasteiger partial charge >= 0.3 is 6.18 Å². The molecule has 6 heteroatoms. The van der Waals surface area contributed by atoms with Gasteiger partial charge in [0.05, 0.1) is 5.56 Å². The fourth-order valence-corrected chi connectivity index (χ4v) is 0.990. The predicted molar refractivity (Wildman–Crippen MR) is 50.5 cm³/mol. The van der Waals surface area contributed by atoms with Crippen LogP contribution < -0.4 is 4.74 Å². The number of thiocarbonyl (C=S) groups is 1. The second-order valence-electron chi connectivity index (χ2n) is 2.36. The first-order valence-electron chi connectivity index (χ1n) is 3.44. The van der Waals surface area contributed by atoms with Gasteiger partial charge in [-0.1, -0.05) is 0 Å². The van der Waals surface area contributed by atoms with E-state index in [0.717, 1.165) is 24.3 Å². The van der Waals surface area contributed by atoms with Gasteiger partial charge in [0, 0.05) is 0 Å². The lowest BCUT2D eigenvalue weighted by atomic mass is 10.2. The fourth-order valence-electron chi connectivity index (χ4n) is 0.805. The molecule has 0 aliphatic carbocycles. The number of alkyl halides is 3. The molecule has 0 spiro atoms. The van der Waals surface area contributed by atoms with E-state index in [-0.39, 0.29) is 10.3 Å². The maximum Gasteiger partial charge on any atom is 0.416 e. The van der Waals surface area contributed by atoms with E-state index in [2.05, 4.69) is 12.2 Å². The second kappa shape index (κ2) is 4.14. The lowest BCUT2D eigenvalue weighted by molar-refractivity contribution is -0.137. The number of ether oxygens (including phenoxy) is 1. The summed E-state index contributed by atoms with van der Waals surface area (Å²) in [7, 11) is 0. The molecule has 76 valence electrons. The molecule has 0 aromatic heterocycles. The Labute approximate surface area is 88.4 Å². The van der Waals surface area contributed by atoms with Crippen molar-refractivity contribution >= 4 is 28.3 Å². The number of halogens is 4. The van der Waals surface area contributed by atoms with Crippen molar-refractivity contribution in [3.63, 3.8) is 0 Å². The van der Waals surface area contributed by atoms with Crippen molar-refractivity contribution in [3.8, 4) is 5.75 Å². The van der Waals surface area contributed by atoms with Gasteiger partial charge in [-0.05, 0) is 48.1 Å². The van der Waals surface area contributed by atoms with Crippen LogP contribution >= 0.6 is 23.8 Å². The normalized spacial score (nSPS) is 11.1. The third-order valence-corrected chi connectivity index (χ3v) is 1.54. The van der Waals surface area contributed by atoms with Crippen molar-refractivity contribution < 1.29 is 17.9 Å². The maximum absolute atomic E-state index is 12.1. The average Bonchev–Trinajstić information content (AvgIpc) is 2.02. The van der Waals surface area contributed by atoms with Crippen molar-refractivity contribution in [1.29, 1.82) is 0 Å². The summed E-state index contributed by atoms with van der Waals surface area (Å²) in [5.74, 6) is 0.179. The Kier molecular flexibility index (Phi) is 3.34. The first-order valence-corrected chi connectivity index (χ1v) is 4.23. The van der Waals surface area contributed by atoms with E-state index in [0.29, 0.717) is 0 Å². The molecule has 1 rings (SSSR count). The quantitative estimate of drug-likeness (QED) is 0.548. The zero-order valence-electron chi connectivity index (χ0n) is 6.64. The molecule has 0 bridgehead atoms. The Morgan fingerprint density at radius 1 is 1.21 bits per heavy atom. The number of rotatable bonds is 1. The van der Waals surface area contributed by atoms with Gasteiger partial charge in [-0.15, -0.1) is 0 Å². The summed E-state index contributed by atoms with van der Waals surface area (Å²) in [5.41, 5.74) is -0.745. The molecular formula is C8H4ClF3OS. The Morgan fingerprint density at radius 2 is 1.71 bits per heavy atom. The van der Waals surface area contributed by atoms with Crippen LogP contribution in [0.4, 0.5) is 13.2 Å². The second-order valence-corrected chi connectivity index (χ2v) is 3.30. The van der Waals surface area contributed by atoms with Gasteiger partial charge in [0.1, 0.15) is 5.75 Å². The number of benzene rings is 1. The summed E-state index contributed by atoms with van der Waals surface area (Å²) in [6, 6.07) is 4.09. The minimum Gasteiger partial charge on any atom is -0.436 e. The van der Waals surface area contributed by atoms with E-state index in [4.69, 9.17) is 16.3 Å². The summed E-state index contributed by atoms with van der Waals surface area (Å²) in [4.78, 5) is 0. The van der Waals surface area contributed by atoms with E-state index >= 15 is 0 Å². The lowest BCUT2D eigenvalue weighted by Crippen LogP contribution is -2.04. The van der Waals surface area contributed by atoms with Gasteiger partial charge in [-0.2, -0.15) is 13.2 Å². The van der Waals surface area contributed by atoms with Gasteiger partial charge in [0.25, 0.3) is 4.51 Å². The van der Waals surface area contributed by atoms with E-state index in [1.54, 1.807) is 0 Å². The summed E-state index contributed by atoms with van der Waals surface area (Å²) >= 11 is 9.63. The molecule has 0 aliphatic heterocycles. The van der Waals surface area contributed by atoms with Crippen LogP contribution in [-0.2, 0) is 6.18 Å². The highest BCUT2D eigenvalue weighted by molar-refractivity contribution is 7.82. The molecular weight excluding hydrogens is 237 g/mol. The molecule has 1 aromatic rings. The Morgan fingerprint density at radius 3 is 2.07 bits per heavy atom. The van der Waals surface area contributed by atoms with E-state index in [1.165, 1.54) is 0 Å². The molecule has 0 fully saturated rings. The van der Waals surface area contributed by atoms with Gasteiger partial charge in [-0.25, -0.2) is 0 Å². The number of hydrogen-bond donors (Lipinski definition) is 0. The van der Waals surface area contributed by atoms with E-state index in [1.807, 2.05) is 0 Å². The van der Waals surface area contributed by atoms with E-state index < -0.39 is 11.7 Å². The van der Waals surface area contributed by atoms with Crippen molar-refractivity contribution in [2.75, 3.05) is 0 Å². The zero-order chi connectivity index (χ0) is 10.8. The van der Waals surface area contributed by atoms with Gasteiger partial charge < -0.3 is 4.74 Å². The molecule has 0 atom stereocenters. The van der Waals surface area contributed by atoms with Crippen LogP contribution in [0.1, 0.15) is 5.56 Å². The van der Waals surface area contributed by atoms with Crippen LogP contribution in [0, 0.1) is 0 Å². The minimum atomic E-state index is -4.35. The number of hydrogen-bond acceptors (Lipinski definition) is 2. The van der Waals surface area contributed by atoms with Gasteiger partial charge in [0.2, 0.25) is 0 Å². The van der Waals surface area contributed by atoms with Crippen molar-refractivity contribution in [1.82, 2.24) is 0 Å². The minimum absolute atomic E-state index is 0.179. The maximum atomic E-state index is 12.1. The summed E-state index contributed by atoms with van der Waals surface area (Å²) < 4.78 is 40.7. The predicted octanol–water partition coefficient (Wildman–Crippen LogP) is 3.61. The highest BCUT2D eigenvalue weighted by Crippen LogP contribution is 2.30. The van der Waals surface area contributed by atoms with Crippen LogP contribution in [0.25, 0.3) is 0 Å². The smallest absolute Gasteiger partial charge is 0.416 e. The monoisotopic (exact) mass is 240 g/mol. The molecule has 1 nitrogen and oxygen atoms in total. The average molecular weight is 241 g/mol. The van der Waals surface area contributed by atoms with Crippen molar-refractivity contribution in [3.05, 3.63) is 29.8 Å². The van der Waals surface area contributed by atoms with Gasteiger partial charge in [-0.3, -0.25) is 0 Å². The molecule has 0 aliphatic rings. The molecule has 0 heterocycles. The first-order chi connectivity index (χ1) is 6.39. The van der Waals surface area contributed by atoms with Crippen LogP contribution in [0.5, 0.6) is 5.75 Å². The zero-order valence-corrected chi connectivity index (χ0v) is 8.21. The van der Waals surface area contributed by atoms with Crippen molar-refractivity contribution in [2.45, 2.75) is 6.18 Å². The molecule has 0 N–H and O–H groups in total. The Balaban J connectivity index is 2.84. The standard InChI is InChI=1S/C8H4ClF3OS/c9-7(14)13-6-3-1-5(2-4-6)8(10,11)12/h1-4H.